The molecule has 0 radical (unpaired) electrons. The van der Waals surface area contributed by atoms with E-state index in [0.29, 0.717) is 17.5 Å². The Labute approximate surface area is 207 Å². The van der Waals surface area contributed by atoms with Crippen molar-refractivity contribution >= 4 is 20.2 Å². The maximum Gasteiger partial charge on any atom is 1.00 e. The van der Waals surface area contributed by atoms with Gasteiger partial charge < -0.3 is 2.85 Å². The SMILES string of the molecule is O=c1cc(-c2ccccn2)[nH]n1-c1cc(S(=O)(=O)O)cc(S(=O)(=O)O)c1.[H-].[H-].[Na+].[Na+]. The molecule has 0 spiro atoms. The van der Waals surface area contributed by atoms with E-state index in [9.17, 15) is 30.7 Å². The molecule has 3 aromatic rings. The van der Waals surface area contributed by atoms with Crippen molar-refractivity contribution in [2.24, 2.45) is 0 Å². The molecule has 0 fully saturated rings. The Morgan fingerprint density at radius 2 is 1.50 bits per heavy atom. The number of pyridine rings is 1. The van der Waals surface area contributed by atoms with Gasteiger partial charge in [-0.05, 0) is 30.3 Å². The molecule has 3 N–H and O–H groups in total. The van der Waals surface area contributed by atoms with Crippen molar-refractivity contribution < 1.29 is 87.9 Å². The molecule has 3 rings (SSSR count). The number of aromatic nitrogens is 3. The van der Waals surface area contributed by atoms with Gasteiger partial charge in [0.25, 0.3) is 25.8 Å². The first kappa shape index (κ1) is 25.2. The number of nitrogens with zero attached hydrogens (tertiary/aromatic N) is 2. The monoisotopic (exact) mass is 445 g/mol. The van der Waals surface area contributed by atoms with E-state index >= 15 is 0 Å². The summed E-state index contributed by atoms with van der Waals surface area (Å²) in [5, 5.41) is 2.66. The molecule has 0 saturated carbocycles. The van der Waals surface area contributed by atoms with E-state index in [4.69, 9.17) is 0 Å². The number of benzene rings is 1. The molecule has 28 heavy (non-hydrogen) atoms. The quantitative estimate of drug-likeness (QED) is 0.266. The molecule has 10 nitrogen and oxygen atoms in total. The number of rotatable bonds is 4. The summed E-state index contributed by atoms with van der Waals surface area (Å²) in [6.07, 6.45) is 1.50. The first-order chi connectivity index (χ1) is 12.1. The summed E-state index contributed by atoms with van der Waals surface area (Å²) in [5.74, 6) is 0. The second-order valence-electron chi connectivity index (χ2n) is 5.17. The Morgan fingerprint density at radius 3 is 1.96 bits per heavy atom. The molecule has 0 atom stereocenters. The molecule has 1 aromatic carbocycles. The molecule has 0 saturated heterocycles. The van der Waals surface area contributed by atoms with E-state index in [1.165, 1.54) is 12.3 Å². The van der Waals surface area contributed by atoms with Crippen molar-refractivity contribution in [1.82, 2.24) is 14.8 Å². The summed E-state index contributed by atoms with van der Waals surface area (Å²) >= 11 is 0. The van der Waals surface area contributed by atoms with Crippen LogP contribution in [0.4, 0.5) is 0 Å². The van der Waals surface area contributed by atoms with Gasteiger partial charge in [0.2, 0.25) is 0 Å². The zero-order valence-electron chi connectivity index (χ0n) is 16.8. The zero-order chi connectivity index (χ0) is 19.1. The average Bonchev–Trinajstić information content (AvgIpc) is 2.95. The minimum Gasteiger partial charge on any atom is -1.00 e. The van der Waals surface area contributed by atoms with Crippen molar-refractivity contribution in [3.05, 3.63) is 59.0 Å². The van der Waals surface area contributed by atoms with Crippen LogP contribution in [0.15, 0.2) is 63.2 Å². The largest absolute Gasteiger partial charge is 1.00 e. The van der Waals surface area contributed by atoms with E-state index < -0.39 is 35.6 Å². The molecule has 14 heteroatoms. The standard InChI is InChI=1S/C14H11N3O7S2.2Na.2H/c18-14-8-13(12-3-1-2-4-15-12)16-17(14)9-5-10(25(19,20)21)7-11(6-9)26(22,23)24;;;;/h1-8,16H,(H,19,20,21)(H,22,23,24);;;;/q;2*+1;2*-1. The Balaban J connectivity index is 0. The number of hydrogen-bond donors (Lipinski definition) is 3. The van der Waals surface area contributed by atoms with Crippen molar-refractivity contribution in [1.29, 1.82) is 0 Å². The predicted molar refractivity (Wildman–Crippen MR) is 91.5 cm³/mol. The third-order valence-corrected chi connectivity index (χ3v) is 5.04. The van der Waals surface area contributed by atoms with E-state index in [-0.39, 0.29) is 67.7 Å². The number of aromatic amines is 1. The molecule has 0 aliphatic rings. The summed E-state index contributed by atoms with van der Waals surface area (Å²) in [5.41, 5.74) is -0.148. The molecule has 0 aliphatic heterocycles. The van der Waals surface area contributed by atoms with Crippen LogP contribution in [0, 0.1) is 0 Å². The van der Waals surface area contributed by atoms with Gasteiger partial charge in [0.05, 0.1) is 26.9 Å². The van der Waals surface area contributed by atoms with Gasteiger partial charge in [-0.25, -0.2) is 4.68 Å². The van der Waals surface area contributed by atoms with E-state index in [0.717, 1.165) is 16.8 Å². The summed E-state index contributed by atoms with van der Waals surface area (Å²) in [6, 6.07) is 8.49. The second-order valence-corrected chi connectivity index (χ2v) is 8.01. The summed E-state index contributed by atoms with van der Waals surface area (Å²) < 4.78 is 64.8. The maximum atomic E-state index is 12.2. The summed E-state index contributed by atoms with van der Waals surface area (Å²) in [4.78, 5) is 14.7. The molecule has 140 valence electrons. The zero-order valence-corrected chi connectivity index (χ0v) is 20.4. The van der Waals surface area contributed by atoms with Gasteiger partial charge in [0, 0.05) is 12.3 Å². The van der Waals surface area contributed by atoms with Gasteiger partial charge >= 0.3 is 59.1 Å². The van der Waals surface area contributed by atoms with Gasteiger partial charge in [0.15, 0.2) is 0 Å². The third-order valence-electron chi connectivity index (χ3n) is 3.38. The van der Waals surface area contributed by atoms with Crippen LogP contribution < -0.4 is 64.7 Å². The van der Waals surface area contributed by atoms with Gasteiger partial charge in [-0.1, -0.05) is 6.07 Å². The minimum atomic E-state index is -4.79. The first-order valence-electron chi connectivity index (χ1n) is 6.89. The minimum absolute atomic E-state index is 0. The third kappa shape index (κ3) is 5.63. The number of H-pyrrole nitrogens is 1. The van der Waals surface area contributed by atoms with E-state index in [2.05, 4.69) is 10.1 Å². The summed E-state index contributed by atoms with van der Waals surface area (Å²) in [6.45, 7) is 0. The van der Waals surface area contributed by atoms with Gasteiger partial charge in [0.1, 0.15) is 0 Å². The fourth-order valence-electron chi connectivity index (χ4n) is 2.22. The summed E-state index contributed by atoms with van der Waals surface area (Å²) in [7, 11) is -9.58. The van der Waals surface area contributed by atoms with E-state index in [1.54, 1.807) is 18.2 Å². The smallest absolute Gasteiger partial charge is 1.00 e. The van der Waals surface area contributed by atoms with Crippen molar-refractivity contribution in [2.45, 2.75) is 9.79 Å². The van der Waals surface area contributed by atoms with Gasteiger partial charge in [-0.3, -0.25) is 24.0 Å². The van der Waals surface area contributed by atoms with Crippen LogP contribution in [0.3, 0.4) is 0 Å². The van der Waals surface area contributed by atoms with Crippen LogP contribution in [-0.2, 0) is 20.2 Å². The van der Waals surface area contributed by atoms with Crippen molar-refractivity contribution in [3.63, 3.8) is 0 Å². The Hall–Kier alpha value is -0.800. The van der Waals surface area contributed by atoms with Crippen LogP contribution in [-0.4, -0.2) is 40.7 Å². The van der Waals surface area contributed by atoms with Crippen LogP contribution in [0.25, 0.3) is 17.1 Å². The number of hydrogen-bond acceptors (Lipinski definition) is 6. The van der Waals surface area contributed by atoms with Gasteiger partial charge in [-0.2, -0.15) is 16.8 Å². The van der Waals surface area contributed by atoms with Crippen molar-refractivity contribution in [3.8, 4) is 17.1 Å². The fourth-order valence-corrected chi connectivity index (χ4v) is 3.39. The number of nitrogens with one attached hydrogen (secondary N) is 1. The second kappa shape index (κ2) is 9.34. The normalized spacial score (nSPS) is 11.4. The molecule has 2 heterocycles. The molecule has 0 bridgehead atoms. The molecular weight excluding hydrogens is 432 g/mol. The van der Waals surface area contributed by atoms with Crippen LogP contribution in [0.1, 0.15) is 2.85 Å². The molecule has 0 unspecified atom stereocenters. The molecular formula is C14H13N3Na2O7S2. The Kier molecular flexibility index (Phi) is 8.42. The van der Waals surface area contributed by atoms with E-state index in [1.807, 2.05) is 0 Å². The van der Waals surface area contributed by atoms with Gasteiger partial charge in [-0.15, -0.1) is 0 Å². The van der Waals surface area contributed by atoms with Crippen LogP contribution >= 0.6 is 0 Å². The first-order valence-corrected chi connectivity index (χ1v) is 9.78. The Morgan fingerprint density at radius 1 is 0.929 bits per heavy atom. The van der Waals surface area contributed by atoms with Crippen molar-refractivity contribution in [2.75, 3.05) is 0 Å². The average molecular weight is 445 g/mol. The topological polar surface area (TPSA) is 159 Å². The molecule has 0 aliphatic carbocycles. The van der Waals surface area contributed by atoms with Crippen LogP contribution in [0.2, 0.25) is 0 Å². The molecule has 2 aromatic heterocycles. The van der Waals surface area contributed by atoms with Crippen LogP contribution in [0.5, 0.6) is 0 Å². The molecule has 0 amide bonds. The fraction of sp³-hybridized carbons (Fsp3) is 0. The Bertz CT molecular complexity index is 1210. The maximum absolute atomic E-state index is 12.2. The predicted octanol–water partition coefficient (Wildman–Crippen LogP) is -5.05.